The van der Waals surface area contributed by atoms with Crippen LogP contribution in [0.2, 0.25) is 0 Å². The summed E-state index contributed by atoms with van der Waals surface area (Å²) in [6.45, 7) is 0.518. The van der Waals surface area contributed by atoms with Gasteiger partial charge in [0.05, 0.1) is 13.3 Å². The van der Waals surface area contributed by atoms with Crippen molar-refractivity contribution in [1.29, 1.82) is 0 Å². The maximum Gasteiger partial charge on any atom is 0.260 e. The zero-order valence-electron chi connectivity index (χ0n) is 13.8. The van der Waals surface area contributed by atoms with Gasteiger partial charge in [-0.1, -0.05) is 47.6 Å². The first-order chi connectivity index (χ1) is 11.8. The van der Waals surface area contributed by atoms with E-state index in [0.29, 0.717) is 12.3 Å². The Kier molecular flexibility index (Phi) is 7.34. The van der Waals surface area contributed by atoms with Crippen LogP contribution < -0.4 is 10.1 Å². The maximum atomic E-state index is 11.7. The van der Waals surface area contributed by atoms with E-state index in [1.165, 1.54) is 11.8 Å². The standard InChI is InChI=1S/C19H22N2O3/c1-23-18-12-6-5-11-17(18)14-21-24-15-19(22)20-13-7-10-16-8-3-2-4-9-16/h2-6,8-9,11-12,14H,7,10,13,15H2,1H3,(H,20,22)/b21-14-. The zero-order valence-corrected chi connectivity index (χ0v) is 13.8. The summed E-state index contributed by atoms with van der Waals surface area (Å²) in [7, 11) is 1.59. The molecule has 0 radical (unpaired) electrons. The Balaban J connectivity index is 1.62. The Morgan fingerprint density at radius 1 is 1.12 bits per heavy atom. The van der Waals surface area contributed by atoms with Gasteiger partial charge in [0.25, 0.3) is 5.91 Å². The molecule has 1 N–H and O–H groups in total. The fourth-order valence-corrected chi connectivity index (χ4v) is 2.18. The molecular formula is C19H22N2O3. The molecule has 5 heteroatoms. The van der Waals surface area contributed by atoms with Crippen LogP contribution in [0.5, 0.6) is 5.75 Å². The van der Waals surface area contributed by atoms with Gasteiger partial charge in [-0.25, -0.2) is 0 Å². The molecule has 0 unspecified atom stereocenters. The van der Waals surface area contributed by atoms with E-state index < -0.39 is 0 Å². The van der Waals surface area contributed by atoms with E-state index >= 15 is 0 Å². The van der Waals surface area contributed by atoms with Gasteiger partial charge in [0.15, 0.2) is 6.61 Å². The lowest BCUT2D eigenvalue weighted by Gasteiger charge is -2.05. The van der Waals surface area contributed by atoms with E-state index in [0.717, 1.165) is 18.4 Å². The van der Waals surface area contributed by atoms with Crippen molar-refractivity contribution >= 4 is 12.1 Å². The van der Waals surface area contributed by atoms with Crippen LogP contribution in [0.1, 0.15) is 17.5 Å². The number of amides is 1. The number of nitrogens with one attached hydrogen (secondary N) is 1. The first kappa shape index (κ1) is 17.5. The molecular weight excluding hydrogens is 304 g/mol. The third-order valence-electron chi connectivity index (χ3n) is 3.41. The summed E-state index contributed by atoms with van der Waals surface area (Å²) in [5.41, 5.74) is 2.06. The molecule has 0 aliphatic carbocycles. The first-order valence-corrected chi connectivity index (χ1v) is 7.88. The Morgan fingerprint density at radius 3 is 2.67 bits per heavy atom. The van der Waals surface area contributed by atoms with E-state index in [-0.39, 0.29) is 12.5 Å². The van der Waals surface area contributed by atoms with Crippen molar-refractivity contribution in [2.24, 2.45) is 5.16 Å². The number of aryl methyl sites for hydroxylation is 1. The van der Waals surface area contributed by atoms with Crippen LogP contribution in [-0.4, -0.2) is 32.4 Å². The minimum absolute atomic E-state index is 0.100. The van der Waals surface area contributed by atoms with E-state index in [9.17, 15) is 4.79 Å². The van der Waals surface area contributed by atoms with Crippen molar-refractivity contribution < 1.29 is 14.4 Å². The molecule has 1 amide bonds. The van der Waals surface area contributed by atoms with Gasteiger partial charge in [0, 0.05) is 12.1 Å². The first-order valence-electron chi connectivity index (χ1n) is 7.88. The number of para-hydroxylation sites is 1. The Bertz CT molecular complexity index is 657. The fourth-order valence-electron chi connectivity index (χ4n) is 2.18. The summed E-state index contributed by atoms with van der Waals surface area (Å²) in [4.78, 5) is 16.7. The number of hydrogen-bond donors (Lipinski definition) is 1. The third kappa shape index (κ3) is 6.12. The molecule has 0 bridgehead atoms. The van der Waals surface area contributed by atoms with Crippen LogP contribution in [0.15, 0.2) is 59.8 Å². The number of carbonyl (C=O) groups excluding carboxylic acids is 1. The van der Waals surface area contributed by atoms with Crippen molar-refractivity contribution in [1.82, 2.24) is 5.32 Å². The summed E-state index contributed by atoms with van der Waals surface area (Å²) in [6, 6.07) is 17.6. The summed E-state index contributed by atoms with van der Waals surface area (Å²) in [5.74, 6) is 0.524. The highest BCUT2D eigenvalue weighted by atomic mass is 16.6. The maximum absolute atomic E-state index is 11.7. The largest absolute Gasteiger partial charge is 0.496 e. The van der Waals surface area contributed by atoms with Crippen molar-refractivity contribution in [2.75, 3.05) is 20.3 Å². The lowest BCUT2D eigenvalue weighted by molar-refractivity contribution is -0.125. The average Bonchev–Trinajstić information content (AvgIpc) is 2.63. The molecule has 0 fully saturated rings. The molecule has 0 heterocycles. The average molecular weight is 326 g/mol. The van der Waals surface area contributed by atoms with Gasteiger partial charge in [-0.05, 0) is 30.5 Å². The van der Waals surface area contributed by atoms with Gasteiger partial charge in [0.2, 0.25) is 0 Å². The summed E-state index contributed by atoms with van der Waals surface area (Å²) >= 11 is 0. The van der Waals surface area contributed by atoms with E-state index in [1.807, 2.05) is 42.5 Å². The van der Waals surface area contributed by atoms with Crippen molar-refractivity contribution in [3.05, 3.63) is 65.7 Å². The molecule has 5 nitrogen and oxygen atoms in total. The Hall–Kier alpha value is -2.82. The van der Waals surface area contributed by atoms with E-state index in [1.54, 1.807) is 7.11 Å². The number of hydrogen-bond acceptors (Lipinski definition) is 4. The van der Waals surface area contributed by atoms with Crippen LogP contribution in [-0.2, 0) is 16.1 Å². The monoisotopic (exact) mass is 326 g/mol. The molecule has 0 atom stereocenters. The van der Waals surface area contributed by atoms with Crippen LogP contribution in [0.4, 0.5) is 0 Å². The lowest BCUT2D eigenvalue weighted by atomic mass is 10.1. The van der Waals surface area contributed by atoms with Gasteiger partial charge >= 0.3 is 0 Å². The molecule has 0 aliphatic heterocycles. The van der Waals surface area contributed by atoms with Gasteiger partial charge in [-0.15, -0.1) is 0 Å². The van der Waals surface area contributed by atoms with Crippen LogP contribution in [0.25, 0.3) is 0 Å². The van der Waals surface area contributed by atoms with Crippen LogP contribution in [0, 0.1) is 0 Å². The second kappa shape index (κ2) is 10.0. The number of benzene rings is 2. The zero-order chi connectivity index (χ0) is 17.0. The van der Waals surface area contributed by atoms with E-state index in [2.05, 4.69) is 22.6 Å². The molecule has 2 aromatic rings. The van der Waals surface area contributed by atoms with Crippen LogP contribution >= 0.6 is 0 Å². The highest BCUT2D eigenvalue weighted by Crippen LogP contribution is 2.14. The van der Waals surface area contributed by atoms with Gasteiger partial charge < -0.3 is 14.9 Å². The van der Waals surface area contributed by atoms with Gasteiger partial charge in [-0.3, -0.25) is 4.79 Å². The van der Waals surface area contributed by atoms with Crippen molar-refractivity contribution in [2.45, 2.75) is 12.8 Å². The minimum atomic E-state index is -0.180. The predicted octanol–water partition coefficient (Wildman–Crippen LogP) is 2.79. The number of rotatable bonds is 9. The summed E-state index contributed by atoms with van der Waals surface area (Å²) < 4.78 is 5.20. The van der Waals surface area contributed by atoms with Crippen LogP contribution in [0.3, 0.4) is 0 Å². The molecule has 2 rings (SSSR count). The summed E-state index contributed by atoms with van der Waals surface area (Å²) in [5, 5.41) is 6.61. The number of carbonyl (C=O) groups is 1. The molecule has 0 aliphatic rings. The number of nitrogens with zero attached hydrogens (tertiary/aromatic N) is 1. The van der Waals surface area contributed by atoms with E-state index in [4.69, 9.17) is 9.57 Å². The minimum Gasteiger partial charge on any atom is -0.496 e. The fraction of sp³-hybridized carbons (Fsp3) is 0.263. The SMILES string of the molecule is COc1ccccc1/C=N\OCC(=O)NCCCc1ccccc1. The molecule has 2 aromatic carbocycles. The van der Waals surface area contributed by atoms with Crippen molar-refractivity contribution in [3.63, 3.8) is 0 Å². The molecule has 0 saturated heterocycles. The number of oxime groups is 1. The third-order valence-corrected chi connectivity index (χ3v) is 3.41. The Morgan fingerprint density at radius 2 is 1.88 bits per heavy atom. The second-order valence-electron chi connectivity index (χ2n) is 5.19. The number of ether oxygens (including phenoxy) is 1. The van der Waals surface area contributed by atoms with Gasteiger partial charge in [0.1, 0.15) is 5.75 Å². The molecule has 24 heavy (non-hydrogen) atoms. The smallest absolute Gasteiger partial charge is 0.260 e. The Labute approximate surface area is 142 Å². The molecule has 0 spiro atoms. The highest BCUT2D eigenvalue weighted by Gasteiger charge is 2.01. The van der Waals surface area contributed by atoms with Crippen molar-refractivity contribution in [3.8, 4) is 5.75 Å². The number of methoxy groups -OCH3 is 1. The second-order valence-corrected chi connectivity index (χ2v) is 5.19. The predicted molar refractivity (Wildman–Crippen MR) is 94.3 cm³/mol. The molecule has 0 aromatic heterocycles. The lowest BCUT2D eigenvalue weighted by Crippen LogP contribution is -2.28. The molecule has 126 valence electrons. The normalized spacial score (nSPS) is 10.5. The topological polar surface area (TPSA) is 59.9 Å². The van der Waals surface area contributed by atoms with Gasteiger partial charge in [-0.2, -0.15) is 0 Å². The quantitative estimate of drug-likeness (QED) is 0.438. The highest BCUT2D eigenvalue weighted by molar-refractivity contribution is 5.83. The molecule has 0 saturated carbocycles. The summed E-state index contributed by atoms with van der Waals surface area (Å²) in [6.07, 6.45) is 3.36.